The van der Waals surface area contributed by atoms with Crippen LogP contribution in [0.2, 0.25) is 0 Å². The summed E-state index contributed by atoms with van der Waals surface area (Å²) in [5, 5.41) is 2.82. The standard InChI is InChI=1S/C12H14N4OS/c1-9-11(18-8-16-9)3-2-4-15-12(17)10-7-13-5-6-14-10/h5-8H,2-4H2,1H3,(H,15,17). The van der Waals surface area contributed by atoms with Gasteiger partial charge in [-0.25, -0.2) is 9.97 Å². The van der Waals surface area contributed by atoms with E-state index < -0.39 is 0 Å². The van der Waals surface area contributed by atoms with Gasteiger partial charge in [-0.05, 0) is 19.8 Å². The molecular weight excluding hydrogens is 248 g/mol. The molecule has 0 fully saturated rings. The number of nitrogens with one attached hydrogen (secondary N) is 1. The molecule has 0 saturated heterocycles. The van der Waals surface area contributed by atoms with E-state index in [9.17, 15) is 4.79 Å². The smallest absolute Gasteiger partial charge is 0.271 e. The number of aryl methyl sites for hydroxylation is 2. The molecule has 0 aliphatic rings. The van der Waals surface area contributed by atoms with Gasteiger partial charge in [0.15, 0.2) is 0 Å². The third-order valence-corrected chi connectivity index (χ3v) is 3.50. The molecule has 0 aliphatic carbocycles. The number of rotatable bonds is 5. The maximum Gasteiger partial charge on any atom is 0.271 e. The monoisotopic (exact) mass is 262 g/mol. The van der Waals surface area contributed by atoms with E-state index in [0.29, 0.717) is 12.2 Å². The molecule has 0 aromatic carbocycles. The Morgan fingerprint density at radius 1 is 1.39 bits per heavy atom. The van der Waals surface area contributed by atoms with Crippen LogP contribution in [0.15, 0.2) is 24.1 Å². The fraction of sp³-hybridized carbons (Fsp3) is 0.333. The Hall–Kier alpha value is -1.82. The van der Waals surface area contributed by atoms with Crippen LogP contribution in [0.4, 0.5) is 0 Å². The number of thiazole rings is 1. The highest BCUT2D eigenvalue weighted by molar-refractivity contribution is 7.09. The Bertz CT molecular complexity index is 512. The average Bonchev–Trinajstić information content (AvgIpc) is 2.81. The molecule has 0 atom stereocenters. The van der Waals surface area contributed by atoms with E-state index in [1.54, 1.807) is 17.5 Å². The molecule has 0 aliphatic heterocycles. The fourth-order valence-corrected chi connectivity index (χ4v) is 2.35. The van der Waals surface area contributed by atoms with Crippen molar-refractivity contribution in [2.24, 2.45) is 0 Å². The zero-order valence-corrected chi connectivity index (χ0v) is 10.9. The van der Waals surface area contributed by atoms with E-state index in [2.05, 4.69) is 20.3 Å². The zero-order chi connectivity index (χ0) is 12.8. The molecule has 2 heterocycles. The van der Waals surface area contributed by atoms with Crippen molar-refractivity contribution < 1.29 is 4.79 Å². The number of hydrogen-bond donors (Lipinski definition) is 1. The molecule has 2 aromatic heterocycles. The molecule has 6 heteroatoms. The van der Waals surface area contributed by atoms with Gasteiger partial charge in [0.05, 0.1) is 17.4 Å². The van der Waals surface area contributed by atoms with Gasteiger partial charge in [-0.1, -0.05) is 0 Å². The molecule has 2 aromatic rings. The van der Waals surface area contributed by atoms with Crippen molar-refractivity contribution in [3.8, 4) is 0 Å². The van der Waals surface area contributed by atoms with Crippen molar-refractivity contribution in [2.75, 3.05) is 6.54 Å². The lowest BCUT2D eigenvalue weighted by molar-refractivity contribution is 0.0948. The van der Waals surface area contributed by atoms with Crippen LogP contribution >= 0.6 is 11.3 Å². The quantitative estimate of drug-likeness (QED) is 0.831. The lowest BCUT2D eigenvalue weighted by Crippen LogP contribution is -2.25. The maximum absolute atomic E-state index is 11.6. The van der Waals surface area contributed by atoms with Crippen LogP contribution in [0.3, 0.4) is 0 Å². The molecule has 1 amide bonds. The van der Waals surface area contributed by atoms with Crippen molar-refractivity contribution in [1.29, 1.82) is 0 Å². The second-order valence-corrected chi connectivity index (χ2v) is 4.75. The molecule has 0 bridgehead atoms. The van der Waals surface area contributed by atoms with Crippen LogP contribution in [0.1, 0.15) is 27.5 Å². The third kappa shape index (κ3) is 3.33. The highest BCUT2D eigenvalue weighted by Crippen LogP contribution is 2.13. The maximum atomic E-state index is 11.6. The largest absolute Gasteiger partial charge is 0.351 e. The minimum Gasteiger partial charge on any atom is -0.351 e. The predicted octanol–water partition coefficient (Wildman–Crippen LogP) is 1.60. The Balaban J connectivity index is 1.73. The first-order valence-electron chi connectivity index (χ1n) is 5.70. The van der Waals surface area contributed by atoms with Gasteiger partial charge in [0.2, 0.25) is 0 Å². The molecule has 0 spiro atoms. The van der Waals surface area contributed by atoms with Crippen LogP contribution in [0, 0.1) is 6.92 Å². The first-order valence-corrected chi connectivity index (χ1v) is 6.58. The lowest BCUT2D eigenvalue weighted by Gasteiger charge is -2.03. The number of aromatic nitrogens is 3. The summed E-state index contributed by atoms with van der Waals surface area (Å²) >= 11 is 1.66. The number of carbonyl (C=O) groups is 1. The summed E-state index contributed by atoms with van der Waals surface area (Å²) < 4.78 is 0. The molecule has 0 radical (unpaired) electrons. The number of carbonyl (C=O) groups excluding carboxylic acids is 1. The van der Waals surface area contributed by atoms with Gasteiger partial charge in [0.1, 0.15) is 5.69 Å². The van der Waals surface area contributed by atoms with Crippen LogP contribution in [-0.2, 0) is 6.42 Å². The first kappa shape index (κ1) is 12.6. The number of hydrogen-bond acceptors (Lipinski definition) is 5. The van der Waals surface area contributed by atoms with Crippen LogP contribution < -0.4 is 5.32 Å². The lowest BCUT2D eigenvalue weighted by atomic mass is 10.2. The van der Waals surface area contributed by atoms with Gasteiger partial charge in [-0.15, -0.1) is 11.3 Å². The summed E-state index contributed by atoms with van der Waals surface area (Å²) in [5.74, 6) is -0.177. The van der Waals surface area contributed by atoms with Crippen LogP contribution in [0.25, 0.3) is 0 Å². The van der Waals surface area contributed by atoms with Crippen LogP contribution in [0.5, 0.6) is 0 Å². The van der Waals surface area contributed by atoms with Crippen molar-refractivity contribution in [1.82, 2.24) is 20.3 Å². The molecule has 0 unspecified atom stereocenters. The summed E-state index contributed by atoms with van der Waals surface area (Å²) in [6.07, 6.45) is 6.36. The molecule has 1 N–H and O–H groups in total. The van der Waals surface area contributed by atoms with Crippen molar-refractivity contribution in [3.05, 3.63) is 40.4 Å². The fourth-order valence-electron chi connectivity index (χ4n) is 1.52. The van der Waals surface area contributed by atoms with Gasteiger partial charge >= 0.3 is 0 Å². The first-order chi connectivity index (χ1) is 8.77. The van der Waals surface area contributed by atoms with E-state index in [-0.39, 0.29) is 5.91 Å². The third-order valence-electron chi connectivity index (χ3n) is 2.51. The molecule has 2 rings (SSSR count). The summed E-state index contributed by atoms with van der Waals surface area (Å²) in [7, 11) is 0. The number of amides is 1. The minimum atomic E-state index is -0.177. The molecule has 0 saturated carbocycles. The van der Waals surface area contributed by atoms with Gasteiger partial charge in [0.25, 0.3) is 5.91 Å². The van der Waals surface area contributed by atoms with E-state index in [0.717, 1.165) is 18.5 Å². The van der Waals surface area contributed by atoms with E-state index in [1.165, 1.54) is 17.3 Å². The molecule has 94 valence electrons. The second kappa shape index (κ2) is 6.20. The average molecular weight is 262 g/mol. The van der Waals surface area contributed by atoms with Gasteiger partial charge in [-0.3, -0.25) is 9.78 Å². The van der Waals surface area contributed by atoms with Crippen molar-refractivity contribution in [3.63, 3.8) is 0 Å². The SMILES string of the molecule is Cc1ncsc1CCCNC(=O)c1cnccn1. The molecule has 5 nitrogen and oxygen atoms in total. The zero-order valence-electron chi connectivity index (χ0n) is 10.1. The van der Waals surface area contributed by atoms with Gasteiger partial charge in [0, 0.05) is 23.8 Å². The summed E-state index contributed by atoms with van der Waals surface area (Å²) in [6.45, 7) is 2.64. The number of nitrogens with zero attached hydrogens (tertiary/aromatic N) is 3. The second-order valence-electron chi connectivity index (χ2n) is 3.81. The normalized spacial score (nSPS) is 10.3. The van der Waals surface area contributed by atoms with Gasteiger partial charge in [-0.2, -0.15) is 0 Å². The highest BCUT2D eigenvalue weighted by Gasteiger charge is 2.06. The predicted molar refractivity (Wildman–Crippen MR) is 69.5 cm³/mol. The summed E-state index contributed by atoms with van der Waals surface area (Å²) in [5.41, 5.74) is 3.29. The highest BCUT2D eigenvalue weighted by atomic mass is 32.1. The van der Waals surface area contributed by atoms with E-state index in [4.69, 9.17) is 0 Å². The van der Waals surface area contributed by atoms with E-state index >= 15 is 0 Å². The summed E-state index contributed by atoms with van der Waals surface area (Å²) in [4.78, 5) is 24.9. The Kier molecular flexibility index (Phi) is 4.35. The molecule has 18 heavy (non-hydrogen) atoms. The Labute approximate surface area is 109 Å². The topological polar surface area (TPSA) is 67.8 Å². The molecular formula is C12H14N4OS. The van der Waals surface area contributed by atoms with E-state index in [1.807, 2.05) is 12.4 Å². The van der Waals surface area contributed by atoms with Crippen molar-refractivity contribution in [2.45, 2.75) is 19.8 Å². The van der Waals surface area contributed by atoms with Crippen molar-refractivity contribution >= 4 is 17.2 Å². The summed E-state index contributed by atoms with van der Waals surface area (Å²) in [6, 6.07) is 0. The van der Waals surface area contributed by atoms with Gasteiger partial charge < -0.3 is 5.32 Å². The van der Waals surface area contributed by atoms with Crippen LogP contribution in [-0.4, -0.2) is 27.4 Å². The Morgan fingerprint density at radius 2 is 2.28 bits per heavy atom. The Morgan fingerprint density at radius 3 is 2.94 bits per heavy atom. The minimum absolute atomic E-state index is 0.177.